The van der Waals surface area contributed by atoms with E-state index in [2.05, 4.69) is 5.32 Å². The van der Waals surface area contributed by atoms with Crippen molar-refractivity contribution in [3.63, 3.8) is 0 Å². The molecule has 0 aliphatic carbocycles. The second-order valence-electron chi connectivity index (χ2n) is 5.23. The number of esters is 1. The van der Waals surface area contributed by atoms with Crippen LogP contribution in [-0.4, -0.2) is 28.7 Å². The minimum absolute atomic E-state index is 0.153. The Bertz CT molecular complexity index is 810. The summed E-state index contributed by atoms with van der Waals surface area (Å²) in [5, 5.41) is 22.3. The largest absolute Gasteiger partial charge is 0.508 e. The molecule has 8 heteroatoms. The number of carbonyl (C=O) groups is 2. The average molecular weight is 384 g/mol. The minimum atomic E-state index is -0.884. The zero-order chi connectivity index (χ0) is 18.6. The first-order valence-electron chi connectivity index (χ1n) is 7.21. The van der Waals surface area contributed by atoms with Crippen molar-refractivity contribution in [3.05, 3.63) is 57.6 Å². The van der Waals surface area contributed by atoms with Crippen molar-refractivity contribution < 1.29 is 24.5 Å². The van der Waals surface area contributed by atoms with Crippen LogP contribution in [0.5, 0.6) is 11.5 Å². The van der Waals surface area contributed by atoms with E-state index in [4.69, 9.17) is 27.9 Å². The van der Waals surface area contributed by atoms with Gasteiger partial charge in [0, 0.05) is 16.1 Å². The van der Waals surface area contributed by atoms with Crippen molar-refractivity contribution in [1.29, 1.82) is 0 Å². The lowest BCUT2D eigenvalue weighted by Gasteiger charge is -2.16. The summed E-state index contributed by atoms with van der Waals surface area (Å²) in [7, 11) is 0. The molecule has 0 spiro atoms. The molecule has 1 unspecified atom stereocenters. The highest BCUT2D eigenvalue weighted by atomic mass is 35.5. The second kappa shape index (κ2) is 8.09. The lowest BCUT2D eigenvalue weighted by Crippen LogP contribution is -2.31. The van der Waals surface area contributed by atoms with E-state index >= 15 is 0 Å². The third-order valence-corrected chi connectivity index (χ3v) is 3.90. The maximum absolute atomic E-state index is 11.9. The Morgan fingerprint density at radius 3 is 2.52 bits per heavy atom. The van der Waals surface area contributed by atoms with Crippen LogP contribution >= 0.6 is 23.2 Å². The maximum Gasteiger partial charge on any atom is 0.342 e. The smallest absolute Gasteiger partial charge is 0.342 e. The lowest BCUT2D eigenvalue weighted by molar-refractivity contribution is -0.124. The molecule has 0 saturated carbocycles. The van der Waals surface area contributed by atoms with Gasteiger partial charge in [-0.3, -0.25) is 4.79 Å². The first-order valence-corrected chi connectivity index (χ1v) is 7.97. The highest BCUT2D eigenvalue weighted by Gasteiger charge is 2.17. The Hall–Kier alpha value is -2.44. The summed E-state index contributed by atoms with van der Waals surface area (Å²) in [6, 6.07) is 7.91. The van der Waals surface area contributed by atoms with E-state index in [0.717, 1.165) is 6.07 Å². The zero-order valence-electron chi connectivity index (χ0n) is 13.1. The maximum atomic E-state index is 11.9. The molecule has 0 aliphatic rings. The molecule has 2 rings (SSSR count). The number of halogens is 2. The highest BCUT2D eigenvalue weighted by Crippen LogP contribution is 2.26. The second-order valence-corrected chi connectivity index (χ2v) is 6.08. The van der Waals surface area contributed by atoms with E-state index in [1.54, 1.807) is 25.1 Å². The van der Waals surface area contributed by atoms with E-state index in [1.165, 1.54) is 12.1 Å². The van der Waals surface area contributed by atoms with Gasteiger partial charge in [0.15, 0.2) is 6.61 Å². The summed E-state index contributed by atoms with van der Waals surface area (Å²) in [6.45, 7) is 1.19. The van der Waals surface area contributed by atoms with E-state index in [9.17, 15) is 19.8 Å². The fraction of sp³-hybridized carbons (Fsp3) is 0.176. The monoisotopic (exact) mass is 383 g/mol. The molecule has 2 aromatic rings. The van der Waals surface area contributed by atoms with Gasteiger partial charge < -0.3 is 20.3 Å². The molecule has 6 nitrogen and oxygen atoms in total. The van der Waals surface area contributed by atoms with E-state index in [1.807, 2.05) is 0 Å². The molecule has 0 aliphatic heterocycles. The molecule has 0 aromatic heterocycles. The van der Waals surface area contributed by atoms with Crippen LogP contribution in [0.2, 0.25) is 10.0 Å². The Morgan fingerprint density at radius 2 is 1.88 bits per heavy atom. The number of amides is 1. The normalized spacial score (nSPS) is 11.6. The number of benzene rings is 2. The van der Waals surface area contributed by atoms with Gasteiger partial charge in [0.05, 0.1) is 6.04 Å². The Morgan fingerprint density at radius 1 is 1.16 bits per heavy atom. The summed E-state index contributed by atoms with van der Waals surface area (Å²) in [5.41, 5.74) is 0.515. The van der Waals surface area contributed by atoms with Gasteiger partial charge in [-0.1, -0.05) is 29.3 Å². The van der Waals surface area contributed by atoms with Gasteiger partial charge in [-0.2, -0.15) is 0 Å². The van der Waals surface area contributed by atoms with Gasteiger partial charge in [-0.05, 0) is 36.8 Å². The van der Waals surface area contributed by atoms with Crippen molar-refractivity contribution in [2.24, 2.45) is 0 Å². The van der Waals surface area contributed by atoms with Crippen molar-refractivity contribution in [1.82, 2.24) is 5.32 Å². The molecule has 1 atom stereocenters. The topological polar surface area (TPSA) is 95.9 Å². The lowest BCUT2D eigenvalue weighted by atomic mass is 10.1. The number of nitrogens with one attached hydrogen (secondary N) is 1. The molecule has 0 bridgehead atoms. The van der Waals surface area contributed by atoms with Crippen molar-refractivity contribution >= 4 is 35.1 Å². The number of phenols is 2. The molecule has 0 saturated heterocycles. The van der Waals surface area contributed by atoms with Crippen LogP contribution in [0.15, 0.2) is 36.4 Å². The van der Waals surface area contributed by atoms with Crippen LogP contribution < -0.4 is 5.32 Å². The highest BCUT2D eigenvalue weighted by molar-refractivity contribution is 6.35. The number of hydrogen-bond acceptors (Lipinski definition) is 5. The molecule has 1 amide bonds. The van der Waals surface area contributed by atoms with E-state index < -0.39 is 30.3 Å². The molecule has 25 heavy (non-hydrogen) atoms. The van der Waals surface area contributed by atoms with Crippen LogP contribution in [0.3, 0.4) is 0 Å². The van der Waals surface area contributed by atoms with Gasteiger partial charge in [0.1, 0.15) is 17.1 Å². The SMILES string of the molecule is CC(NC(=O)COC(=O)c1ccc(O)cc1O)c1ccc(Cl)cc1Cl. The number of rotatable bonds is 5. The summed E-state index contributed by atoms with van der Waals surface area (Å²) in [4.78, 5) is 23.8. The predicted octanol–water partition coefficient (Wildman–Crippen LogP) is 3.44. The Labute approximate surface area is 153 Å². The van der Waals surface area contributed by atoms with Gasteiger partial charge in [0.2, 0.25) is 0 Å². The average Bonchev–Trinajstić information content (AvgIpc) is 2.52. The molecule has 3 N–H and O–H groups in total. The van der Waals surface area contributed by atoms with Crippen LogP contribution in [0.25, 0.3) is 0 Å². The van der Waals surface area contributed by atoms with E-state index in [-0.39, 0.29) is 11.3 Å². The van der Waals surface area contributed by atoms with E-state index in [0.29, 0.717) is 15.6 Å². The van der Waals surface area contributed by atoms with Gasteiger partial charge in [-0.25, -0.2) is 4.79 Å². The van der Waals surface area contributed by atoms with Crippen LogP contribution in [0, 0.1) is 0 Å². The van der Waals surface area contributed by atoms with Crippen molar-refractivity contribution in [2.75, 3.05) is 6.61 Å². The van der Waals surface area contributed by atoms with Crippen LogP contribution in [0.1, 0.15) is 28.9 Å². The molecular weight excluding hydrogens is 369 g/mol. The number of hydrogen-bond donors (Lipinski definition) is 3. The van der Waals surface area contributed by atoms with Gasteiger partial charge in [0.25, 0.3) is 5.91 Å². The molecule has 2 aromatic carbocycles. The van der Waals surface area contributed by atoms with Crippen LogP contribution in [0.4, 0.5) is 0 Å². The first-order chi connectivity index (χ1) is 11.8. The quantitative estimate of drug-likeness (QED) is 0.687. The number of carbonyl (C=O) groups excluding carboxylic acids is 2. The zero-order valence-corrected chi connectivity index (χ0v) is 14.6. The van der Waals surface area contributed by atoms with Crippen molar-refractivity contribution in [2.45, 2.75) is 13.0 Å². The van der Waals surface area contributed by atoms with Crippen molar-refractivity contribution in [3.8, 4) is 11.5 Å². The summed E-state index contributed by atoms with van der Waals surface area (Å²) in [5.74, 6) is -2.05. The standard InChI is InChI=1S/C17H15Cl2NO5/c1-9(12-4-2-10(18)6-14(12)19)20-16(23)8-25-17(24)13-5-3-11(21)7-15(13)22/h2-7,9,21-22H,8H2,1H3,(H,20,23). The number of aromatic hydroxyl groups is 2. The van der Waals surface area contributed by atoms with Gasteiger partial charge >= 0.3 is 5.97 Å². The summed E-state index contributed by atoms with van der Waals surface area (Å²) < 4.78 is 4.85. The first kappa shape index (κ1) is 18.9. The fourth-order valence-corrected chi connectivity index (χ4v) is 2.69. The number of ether oxygens (including phenoxy) is 1. The van der Waals surface area contributed by atoms with Crippen LogP contribution in [-0.2, 0) is 9.53 Å². The Kier molecular flexibility index (Phi) is 6.12. The molecular formula is C17H15Cl2NO5. The Balaban J connectivity index is 1.92. The molecule has 0 fully saturated rings. The molecule has 0 heterocycles. The molecule has 0 radical (unpaired) electrons. The minimum Gasteiger partial charge on any atom is -0.508 e. The third-order valence-electron chi connectivity index (χ3n) is 3.34. The third kappa shape index (κ3) is 5.01. The summed E-state index contributed by atoms with van der Waals surface area (Å²) in [6.07, 6.45) is 0. The van der Waals surface area contributed by atoms with Gasteiger partial charge in [-0.15, -0.1) is 0 Å². The fourth-order valence-electron chi connectivity index (χ4n) is 2.12. The predicted molar refractivity (Wildman–Crippen MR) is 93.1 cm³/mol. The molecule has 132 valence electrons. The number of phenolic OH excluding ortho intramolecular Hbond substituents is 2. The summed E-state index contributed by atoms with van der Waals surface area (Å²) >= 11 is 11.9.